The van der Waals surface area contributed by atoms with E-state index in [2.05, 4.69) is 31.2 Å². The molecule has 128 valence electrons. The number of hydrogen-bond acceptors (Lipinski definition) is 5. The molecular weight excluding hydrogens is 404 g/mol. The number of aromatic nitrogens is 3. The van der Waals surface area contributed by atoms with Gasteiger partial charge in [0.2, 0.25) is 4.77 Å². The number of nitrogens with zero attached hydrogens (tertiary/aromatic N) is 3. The second-order valence-corrected chi connectivity index (χ2v) is 6.29. The van der Waals surface area contributed by atoms with Crippen molar-refractivity contribution in [2.75, 3.05) is 6.61 Å². The zero-order valence-electron chi connectivity index (χ0n) is 13.3. The first-order valence-corrected chi connectivity index (χ1v) is 8.72. The minimum atomic E-state index is 0.0906. The van der Waals surface area contributed by atoms with Gasteiger partial charge in [-0.05, 0) is 55.0 Å². The van der Waals surface area contributed by atoms with E-state index in [0.717, 1.165) is 15.6 Å². The number of aromatic hydroxyl groups is 1. The van der Waals surface area contributed by atoms with E-state index in [1.54, 1.807) is 29.1 Å². The Hall–Kier alpha value is -2.45. The molecule has 0 saturated carbocycles. The molecule has 0 aliphatic carbocycles. The van der Waals surface area contributed by atoms with E-state index in [1.165, 1.54) is 0 Å². The molecular formula is C17H15BrN4O2S. The minimum absolute atomic E-state index is 0.0906. The average molecular weight is 419 g/mol. The molecule has 8 heteroatoms. The van der Waals surface area contributed by atoms with E-state index in [1.807, 2.05) is 31.2 Å². The molecule has 1 aromatic heterocycles. The summed E-state index contributed by atoms with van der Waals surface area (Å²) in [6.07, 6.45) is 1.63. The van der Waals surface area contributed by atoms with Crippen molar-refractivity contribution in [3.63, 3.8) is 0 Å². The minimum Gasteiger partial charge on any atom is -0.504 e. The van der Waals surface area contributed by atoms with Gasteiger partial charge in [-0.1, -0.05) is 28.1 Å². The van der Waals surface area contributed by atoms with Gasteiger partial charge in [0, 0.05) is 10.0 Å². The van der Waals surface area contributed by atoms with Crippen LogP contribution in [0.15, 0.2) is 52.0 Å². The van der Waals surface area contributed by atoms with Gasteiger partial charge in [-0.15, -0.1) is 0 Å². The number of phenolic OH excluding ortho intramolecular Hbond substituents is 1. The summed E-state index contributed by atoms with van der Waals surface area (Å²) in [4.78, 5) is 0. The molecule has 3 aromatic rings. The van der Waals surface area contributed by atoms with Crippen LogP contribution < -0.4 is 4.74 Å². The fourth-order valence-electron chi connectivity index (χ4n) is 2.22. The normalized spacial score (nSPS) is 11.1. The molecule has 25 heavy (non-hydrogen) atoms. The second kappa shape index (κ2) is 7.62. The maximum atomic E-state index is 9.77. The third-order valence-corrected chi connectivity index (χ3v) is 4.33. The molecule has 0 unspecified atom stereocenters. The van der Waals surface area contributed by atoms with Gasteiger partial charge in [-0.3, -0.25) is 0 Å². The number of phenols is 1. The van der Waals surface area contributed by atoms with Crippen LogP contribution in [-0.2, 0) is 0 Å². The molecule has 0 aliphatic heterocycles. The maximum absolute atomic E-state index is 9.77. The van der Waals surface area contributed by atoms with Crippen LogP contribution in [0.3, 0.4) is 0 Å². The summed E-state index contributed by atoms with van der Waals surface area (Å²) in [5, 5.41) is 21.2. The summed E-state index contributed by atoms with van der Waals surface area (Å²) in [7, 11) is 0. The Morgan fingerprint density at radius 1 is 1.36 bits per heavy atom. The van der Waals surface area contributed by atoms with Crippen molar-refractivity contribution in [3.8, 4) is 22.9 Å². The standard InChI is InChI=1S/C17H15BrN4O2S/c1-2-24-15-9-11(7-8-14(15)23)10-19-22-16(20-21-17(22)25)12-5-3-4-6-13(12)18/h3-10,23H,2H2,1H3,(H,21,25)/b19-10-. The molecule has 0 amide bonds. The molecule has 0 fully saturated rings. The molecule has 1 heterocycles. The van der Waals surface area contributed by atoms with Gasteiger partial charge < -0.3 is 9.84 Å². The zero-order chi connectivity index (χ0) is 17.8. The number of aromatic amines is 1. The quantitative estimate of drug-likeness (QED) is 0.476. The maximum Gasteiger partial charge on any atom is 0.216 e. The van der Waals surface area contributed by atoms with Crippen LogP contribution in [0.1, 0.15) is 12.5 Å². The lowest BCUT2D eigenvalue weighted by Gasteiger charge is -2.06. The predicted molar refractivity (Wildman–Crippen MR) is 103 cm³/mol. The summed E-state index contributed by atoms with van der Waals surface area (Å²) in [5.41, 5.74) is 1.63. The highest BCUT2D eigenvalue weighted by atomic mass is 79.9. The van der Waals surface area contributed by atoms with E-state index in [9.17, 15) is 5.11 Å². The van der Waals surface area contributed by atoms with Crippen molar-refractivity contribution < 1.29 is 9.84 Å². The smallest absolute Gasteiger partial charge is 0.216 e. The largest absolute Gasteiger partial charge is 0.504 e. The monoisotopic (exact) mass is 418 g/mol. The number of nitrogens with one attached hydrogen (secondary N) is 1. The molecule has 0 spiro atoms. The number of halogens is 1. The fraction of sp³-hybridized carbons (Fsp3) is 0.118. The Bertz CT molecular complexity index is 981. The molecule has 2 N–H and O–H groups in total. The first kappa shape index (κ1) is 17.4. The molecule has 3 rings (SSSR count). The van der Waals surface area contributed by atoms with Gasteiger partial charge in [-0.2, -0.15) is 14.9 Å². The van der Waals surface area contributed by atoms with Crippen molar-refractivity contribution >= 4 is 34.4 Å². The van der Waals surface area contributed by atoms with Crippen molar-refractivity contribution in [2.24, 2.45) is 5.10 Å². The van der Waals surface area contributed by atoms with Gasteiger partial charge in [0.1, 0.15) is 0 Å². The van der Waals surface area contributed by atoms with Crippen LogP contribution in [0, 0.1) is 4.77 Å². The lowest BCUT2D eigenvalue weighted by atomic mass is 10.2. The Labute approximate surface area is 157 Å². The Morgan fingerprint density at radius 3 is 2.92 bits per heavy atom. The molecule has 0 bridgehead atoms. The molecule has 0 saturated heterocycles. The SMILES string of the molecule is CCOc1cc(/C=N\n2c(-c3ccccc3Br)n[nH]c2=S)ccc1O. The molecule has 0 radical (unpaired) electrons. The molecule has 0 atom stereocenters. The Kier molecular flexibility index (Phi) is 5.30. The van der Waals surface area contributed by atoms with Crippen LogP contribution in [0.4, 0.5) is 0 Å². The van der Waals surface area contributed by atoms with E-state index < -0.39 is 0 Å². The third-order valence-electron chi connectivity index (χ3n) is 3.37. The van der Waals surface area contributed by atoms with Crippen LogP contribution in [0.2, 0.25) is 0 Å². The van der Waals surface area contributed by atoms with Crippen LogP contribution in [0.5, 0.6) is 11.5 Å². The fourth-order valence-corrected chi connectivity index (χ4v) is 2.86. The average Bonchev–Trinajstić information content (AvgIpc) is 2.97. The molecule has 2 aromatic carbocycles. The van der Waals surface area contributed by atoms with Crippen LogP contribution >= 0.6 is 28.1 Å². The summed E-state index contributed by atoms with van der Waals surface area (Å²) in [6.45, 7) is 2.32. The number of hydrogen-bond donors (Lipinski definition) is 2. The number of rotatable bonds is 5. The lowest BCUT2D eigenvalue weighted by molar-refractivity contribution is 0.318. The van der Waals surface area contributed by atoms with Gasteiger partial charge in [-0.25, -0.2) is 5.10 Å². The zero-order valence-corrected chi connectivity index (χ0v) is 15.7. The first-order valence-electron chi connectivity index (χ1n) is 7.52. The first-order chi connectivity index (χ1) is 12.1. The van der Waals surface area contributed by atoms with Crippen molar-refractivity contribution in [2.45, 2.75) is 6.92 Å². The highest BCUT2D eigenvalue weighted by Crippen LogP contribution is 2.27. The highest BCUT2D eigenvalue weighted by Gasteiger charge is 2.11. The number of benzene rings is 2. The van der Waals surface area contributed by atoms with Gasteiger partial charge >= 0.3 is 0 Å². The molecule has 6 nitrogen and oxygen atoms in total. The summed E-state index contributed by atoms with van der Waals surface area (Å²) < 4.78 is 8.20. The Morgan fingerprint density at radius 2 is 2.16 bits per heavy atom. The summed E-state index contributed by atoms with van der Waals surface area (Å²) in [5.74, 6) is 1.10. The van der Waals surface area contributed by atoms with E-state index in [-0.39, 0.29) is 5.75 Å². The molecule has 0 aliphatic rings. The van der Waals surface area contributed by atoms with Crippen LogP contribution in [0.25, 0.3) is 11.4 Å². The van der Waals surface area contributed by atoms with Gasteiger partial charge in [0.15, 0.2) is 17.3 Å². The van der Waals surface area contributed by atoms with Crippen molar-refractivity contribution in [1.82, 2.24) is 14.9 Å². The number of ether oxygens (including phenoxy) is 1. The summed E-state index contributed by atoms with van der Waals surface area (Å²) in [6, 6.07) is 12.7. The topological polar surface area (TPSA) is 75.4 Å². The highest BCUT2D eigenvalue weighted by molar-refractivity contribution is 9.10. The Balaban J connectivity index is 1.98. The summed E-state index contributed by atoms with van der Waals surface area (Å²) >= 11 is 8.78. The lowest BCUT2D eigenvalue weighted by Crippen LogP contribution is -1.96. The van der Waals surface area contributed by atoms with E-state index in [0.29, 0.717) is 23.0 Å². The van der Waals surface area contributed by atoms with Gasteiger partial charge in [0.05, 0.1) is 12.8 Å². The van der Waals surface area contributed by atoms with Crippen LogP contribution in [-0.4, -0.2) is 32.8 Å². The van der Waals surface area contributed by atoms with Gasteiger partial charge in [0.25, 0.3) is 0 Å². The van der Waals surface area contributed by atoms with E-state index >= 15 is 0 Å². The van der Waals surface area contributed by atoms with E-state index in [4.69, 9.17) is 17.0 Å². The predicted octanol–water partition coefficient (Wildman–Crippen LogP) is 4.36. The van der Waals surface area contributed by atoms with Crippen molar-refractivity contribution in [3.05, 3.63) is 57.3 Å². The number of H-pyrrole nitrogens is 1. The van der Waals surface area contributed by atoms with Crippen molar-refractivity contribution in [1.29, 1.82) is 0 Å². The second-order valence-electron chi connectivity index (χ2n) is 5.05. The third kappa shape index (κ3) is 3.80.